The van der Waals surface area contributed by atoms with Crippen LogP contribution in [0.15, 0.2) is 35.1 Å². The summed E-state index contributed by atoms with van der Waals surface area (Å²) in [6, 6.07) is 8.82. The van der Waals surface area contributed by atoms with Crippen molar-refractivity contribution < 1.29 is 19.4 Å². The fourth-order valence-electron chi connectivity index (χ4n) is 3.98. The first kappa shape index (κ1) is 18.8. The van der Waals surface area contributed by atoms with Crippen molar-refractivity contribution in [3.63, 3.8) is 0 Å². The van der Waals surface area contributed by atoms with Gasteiger partial charge in [-0.15, -0.1) is 0 Å². The largest absolute Gasteiger partial charge is 0.493 e. The van der Waals surface area contributed by atoms with E-state index in [9.17, 15) is 14.7 Å². The SMILES string of the molecule is COc1c(Cl)ccc2c(=O)c3ccc(C4CCCOC4)cc3n(CC(=O)O)c12. The number of methoxy groups -OCH3 is 1. The zero-order valence-corrected chi connectivity index (χ0v) is 16.2. The topological polar surface area (TPSA) is 77.8 Å². The number of carboxylic acid groups (broad SMARTS) is 1. The molecule has 7 heteroatoms. The lowest BCUT2D eigenvalue weighted by molar-refractivity contribution is -0.137. The summed E-state index contributed by atoms with van der Waals surface area (Å²) in [5.74, 6) is -0.492. The van der Waals surface area contributed by atoms with Gasteiger partial charge in [0.15, 0.2) is 11.2 Å². The third-order valence-corrected chi connectivity index (χ3v) is 5.58. The molecule has 0 radical (unpaired) electrons. The summed E-state index contributed by atoms with van der Waals surface area (Å²) in [6.45, 7) is 1.07. The van der Waals surface area contributed by atoms with Crippen LogP contribution < -0.4 is 10.2 Å². The van der Waals surface area contributed by atoms with Crippen LogP contribution in [-0.4, -0.2) is 36.0 Å². The van der Waals surface area contributed by atoms with Crippen LogP contribution in [0.25, 0.3) is 21.8 Å². The first-order valence-corrected chi connectivity index (χ1v) is 9.51. The monoisotopic (exact) mass is 401 g/mol. The number of carboxylic acids is 1. The smallest absolute Gasteiger partial charge is 0.323 e. The highest BCUT2D eigenvalue weighted by Gasteiger charge is 2.21. The highest BCUT2D eigenvalue weighted by Crippen LogP contribution is 2.35. The van der Waals surface area contributed by atoms with Gasteiger partial charge in [0.1, 0.15) is 6.54 Å². The van der Waals surface area contributed by atoms with Crippen molar-refractivity contribution in [3.8, 4) is 5.75 Å². The van der Waals surface area contributed by atoms with Gasteiger partial charge in [0, 0.05) is 17.9 Å². The number of rotatable bonds is 4. The van der Waals surface area contributed by atoms with E-state index in [2.05, 4.69) is 0 Å². The van der Waals surface area contributed by atoms with Crippen molar-refractivity contribution in [2.45, 2.75) is 25.3 Å². The van der Waals surface area contributed by atoms with E-state index >= 15 is 0 Å². The summed E-state index contributed by atoms with van der Waals surface area (Å²) in [5.41, 5.74) is 1.81. The van der Waals surface area contributed by atoms with Gasteiger partial charge in [0.25, 0.3) is 0 Å². The lowest BCUT2D eigenvalue weighted by Crippen LogP contribution is -2.18. The molecule has 1 unspecified atom stereocenters. The summed E-state index contributed by atoms with van der Waals surface area (Å²) in [4.78, 5) is 24.7. The fourth-order valence-corrected chi connectivity index (χ4v) is 4.21. The summed E-state index contributed by atoms with van der Waals surface area (Å²) >= 11 is 6.26. The minimum Gasteiger partial charge on any atom is -0.493 e. The average molecular weight is 402 g/mol. The van der Waals surface area contributed by atoms with Crippen LogP contribution >= 0.6 is 11.6 Å². The van der Waals surface area contributed by atoms with Crippen LogP contribution in [0.4, 0.5) is 0 Å². The molecule has 1 fully saturated rings. The number of carbonyl (C=O) groups is 1. The van der Waals surface area contributed by atoms with Crippen molar-refractivity contribution in [2.24, 2.45) is 0 Å². The number of hydrogen-bond donors (Lipinski definition) is 1. The molecule has 1 aromatic heterocycles. The Balaban J connectivity index is 2.08. The van der Waals surface area contributed by atoms with Crippen LogP contribution in [0, 0.1) is 0 Å². The van der Waals surface area contributed by atoms with Crippen molar-refractivity contribution in [3.05, 3.63) is 51.1 Å². The van der Waals surface area contributed by atoms with Crippen LogP contribution in [0.2, 0.25) is 5.02 Å². The normalized spacial score (nSPS) is 17.1. The molecule has 2 aromatic carbocycles. The molecule has 1 N–H and O–H groups in total. The lowest BCUT2D eigenvalue weighted by Gasteiger charge is -2.23. The van der Waals surface area contributed by atoms with E-state index in [1.807, 2.05) is 12.1 Å². The van der Waals surface area contributed by atoms with Gasteiger partial charge in [-0.05, 0) is 42.7 Å². The highest BCUT2D eigenvalue weighted by atomic mass is 35.5. The van der Waals surface area contributed by atoms with Crippen LogP contribution in [0.3, 0.4) is 0 Å². The Kier molecular flexibility index (Phi) is 5.00. The van der Waals surface area contributed by atoms with E-state index in [-0.39, 0.29) is 17.9 Å². The van der Waals surface area contributed by atoms with E-state index in [0.717, 1.165) is 25.0 Å². The van der Waals surface area contributed by atoms with Crippen LogP contribution in [0.1, 0.15) is 24.3 Å². The Labute approximate surface area is 166 Å². The van der Waals surface area contributed by atoms with E-state index < -0.39 is 5.97 Å². The van der Waals surface area contributed by atoms with Gasteiger partial charge in [-0.2, -0.15) is 0 Å². The Morgan fingerprint density at radius 2 is 2.11 bits per heavy atom. The second-order valence-electron chi connectivity index (χ2n) is 6.98. The van der Waals surface area contributed by atoms with Crippen molar-refractivity contribution in [1.29, 1.82) is 0 Å². The Bertz CT molecular complexity index is 1130. The fraction of sp³-hybridized carbons (Fsp3) is 0.333. The number of fused-ring (bicyclic) bond motifs is 2. The summed E-state index contributed by atoms with van der Waals surface area (Å²) < 4.78 is 12.6. The quantitative estimate of drug-likeness (QED) is 0.673. The Morgan fingerprint density at radius 1 is 1.32 bits per heavy atom. The molecule has 0 bridgehead atoms. The third kappa shape index (κ3) is 3.12. The molecule has 28 heavy (non-hydrogen) atoms. The van der Waals surface area contributed by atoms with Crippen molar-refractivity contribution in [1.82, 2.24) is 4.57 Å². The third-order valence-electron chi connectivity index (χ3n) is 5.28. The number of benzene rings is 2. The summed E-state index contributed by atoms with van der Waals surface area (Å²) in [6.07, 6.45) is 1.98. The number of nitrogens with zero attached hydrogens (tertiary/aromatic N) is 1. The van der Waals surface area contributed by atoms with Gasteiger partial charge < -0.3 is 19.1 Å². The molecule has 0 saturated carbocycles. The maximum Gasteiger partial charge on any atom is 0.323 e. The van der Waals surface area contributed by atoms with Gasteiger partial charge in [0.2, 0.25) is 0 Å². The molecule has 1 aliphatic rings. The van der Waals surface area contributed by atoms with E-state index in [1.165, 1.54) is 7.11 Å². The van der Waals surface area contributed by atoms with Gasteiger partial charge in [-0.25, -0.2) is 0 Å². The molecule has 1 saturated heterocycles. The van der Waals surface area contributed by atoms with Crippen molar-refractivity contribution >= 4 is 39.4 Å². The molecular weight excluding hydrogens is 382 g/mol. The van der Waals surface area contributed by atoms with E-state index in [1.54, 1.807) is 22.8 Å². The van der Waals surface area contributed by atoms with Gasteiger partial charge >= 0.3 is 5.97 Å². The maximum absolute atomic E-state index is 13.1. The number of aliphatic carboxylic acids is 1. The molecule has 6 nitrogen and oxygen atoms in total. The standard InChI is InChI=1S/C21H20ClNO5/c1-27-21-16(22)7-6-15-19(21)23(10-18(24)25)17-9-12(4-5-14(17)20(15)26)13-3-2-8-28-11-13/h4-7,9,13H,2-3,8,10-11H2,1H3,(H,24,25). The lowest BCUT2D eigenvalue weighted by atomic mass is 9.92. The van der Waals surface area contributed by atoms with Gasteiger partial charge in [-0.1, -0.05) is 17.7 Å². The molecule has 1 atom stereocenters. The predicted molar refractivity (Wildman–Crippen MR) is 108 cm³/mol. The number of halogens is 1. The number of hydrogen-bond acceptors (Lipinski definition) is 4. The van der Waals surface area contributed by atoms with E-state index in [0.29, 0.717) is 39.2 Å². The number of aromatic nitrogens is 1. The molecule has 0 aliphatic carbocycles. The molecule has 1 aliphatic heterocycles. The second-order valence-corrected chi connectivity index (χ2v) is 7.38. The zero-order valence-electron chi connectivity index (χ0n) is 15.4. The molecule has 0 spiro atoms. The zero-order chi connectivity index (χ0) is 19.8. The number of ether oxygens (including phenoxy) is 2. The summed E-state index contributed by atoms with van der Waals surface area (Å²) in [5, 5.41) is 10.7. The highest BCUT2D eigenvalue weighted by molar-refractivity contribution is 6.33. The Morgan fingerprint density at radius 3 is 2.79 bits per heavy atom. The first-order chi connectivity index (χ1) is 13.5. The Hall–Kier alpha value is -2.57. The predicted octanol–water partition coefficient (Wildman–Crippen LogP) is 3.80. The minimum absolute atomic E-state index is 0.173. The van der Waals surface area contributed by atoms with Crippen molar-refractivity contribution in [2.75, 3.05) is 20.3 Å². The molecule has 2 heterocycles. The number of pyridine rings is 1. The maximum atomic E-state index is 13.1. The van der Waals surface area contributed by atoms with Gasteiger partial charge in [0.05, 0.1) is 35.2 Å². The summed E-state index contributed by atoms with van der Waals surface area (Å²) in [7, 11) is 1.45. The van der Waals surface area contributed by atoms with Crippen LogP contribution in [0.5, 0.6) is 5.75 Å². The molecular formula is C21H20ClNO5. The van der Waals surface area contributed by atoms with Crippen LogP contribution in [-0.2, 0) is 16.1 Å². The molecule has 0 amide bonds. The first-order valence-electron chi connectivity index (χ1n) is 9.13. The molecule has 3 aromatic rings. The minimum atomic E-state index is -1.01. The molecule has 4 rings (SSSR count). The van der Waals surface area contributed by atoms with Gasteiger partial charge in [-0.3, -0.25) is 9.59 Å². The molecule has 146 valence electrons. The van der Waals surface area contributed by atoms with E-state index in [4.69, 9.17) is 21.1 Å². The second kappa shape index (κ2) is 7.45. The average Bonchev–Trinajstić information content (AvgIpc) is 2.71.